The fraction of sp³-hybridized carbons (Fsp3) is 0.250. The molecule has 1 fully saturated rings. The summed E-state index contributed by atoms with van der Waals surface area (Å²) in [7, 11) is -1.73. The largest absolute Gasteiger partial charge is 0.494 e. The van der Waals surface area contributed by atoms with Crippen molar-refractivity contribution in [3.05, 3.63) is 60.8 Å². The van der Waals surface area contributed by atoms with Crippen LogP contribution in [0.3, 0.4) is 0 Å². The van der Waals surface area contributed by atoms with E-state index in [2.05, 4.69) is 36.4 Å². The molecule has 0 bridgehead atoms. The maximum Gasteiger partial charge on any atom is 0.245 e. The number of benzene rings is 2. The van der Waals surface area contributed by atoms with Gasteiger partial charge >= 0.3 is 0 Å². The molecule has 3 heterocycles. The number of nitrogens with zero attached hydrogens (tertiary/aromatic N) is 4. The van der Waals surface area contributed by atoms with Crippen LogP contribution in [0.5, 0.6) is 5.75 Å². The minimum Gasteiger partial charge on any atom is -0.494 e. The van der Waals surface area contributed by atoms with Gasteiger partial charge in [0.25, 0.3) is 0 Å². The van der Waals surface area contributed by atoms with Crippen molar-refractivity contribution in [3.63, 3.8) is 0 Å². The molecule has 1 aliphatic rings. The average molecular weight is 494 g/mol. The molecule has 182 valence electrons. The predicted molar refractivity (Wildman–Crippen MR) is 138 cm³/mol. The van der Waals surface area contributed by atoms with Gasteiger partial charge in [0.1, 0.15) is 5.75 Å². The normalized spacial score (nSPS) is 14.2. The Balaban J connectivity index is 1.44. The van der Waals surface area contributed by atoms with Gasteiger partial charge in [0.05, 0.1) is 36.5 Å². The zero-order valence-corrected chi connectivity index (χ0v) is 20.3. The number of rotatable bonds is 7. The summed E-state index contributed by atoms with van der Waals surface area (Å²) < 4.78 is 33.2. The fourth-order valence-corrected chi connectivity index (χ4v) is 4.71. The molecule has 1 aliphatic heterocycles. The number of sulfonamides is 1. The van der Waals surface area contributed by atoms with Crippen LogP contribution in [-0.2, 0) is 10.0 Å². The Kier molecular flexibility index (Phi) is 6.18. The lowest BCUT2D eigenvalue weighted by atomic mass is 10.1. The first-order chi connectivity index (χ1) is 16.9. The average Bonchev–Trinajstić information content (AvgIpc) is 3.27. The maximum atomic E-state index is 11.6. The van der Waals surface area contributed by atoms with Crippen molar-refractivity contribution in [1.82, 2.24) is 19.9 Å². The molecule has 5 rings (SSSR count). The van der Waals surface area contributed by atoms with Crippen LogP contribution in [-0.4, -0.2) is 62.6 Å². The van der Waals surface area contributed by atoms with E-state index in [0.29, 0.717) is 17.4 Å². The van der Waals surface area contributed by atoms with Crippen molar-refractivity contribution in [3.8, 4) is 17.0 Å². The summed E-state index contributed by atoms with van der Waals surface area (Å²) in [6, 6.07) is 17.1. The van der Waals surface area contributed by atoms with Crippen LogP contribution in [0.4, 0.5) is 23.0 Å². The van der Waals surface area contributed by atoms with Crippen LogP contribution >= 0.6 is 0 Å². The number of fused-ring (bicyclic) bond motifs is 1. The SMILES string of the molecule is COc1cc(N2CCNCC2)ccc1Nc1ncc2ccc(-c3cccc(NS(C)(=O)=O)c3)n2n1. The van der Waals surface area contributed by atoms with Crippen LogP contribution in [0.25, 0.3) is 16.8 Å². The highest BCUT2D eigenvalue weighted by Crippen LogP contribution is 2.32. The minimum absolute atomic E-state index is 0.411. The van der Waals surface area contributed by atoms with E-state index in [-0.39, 0.29) is 0 Å². The Morgan fingerprint density at radius 2 is 1.89 bits per heavy atom. The zero-order chi connectivity index (χ0) is 24.4. The highest BCUT2D eigenvalue weighted by Gasteiger charge is 2.15. The number of piperazine rings is 1. The number of ether oxygens (including phenoxy) is 1. The number of hydrogen-bond donors (Lipinski definition) is 3. The molecule has 2 aromatic heterocycles. The fourth-order valence-electron chi connectivity index (χ4n) is 4.16. The highest BCUT2D eigenvalue weighted by molar-refractivity contribution is 7.92. The third kappa shape index (κ3) is 5.15. The maximum absolute atomic E-state index is 11.6. The Morgan fingerprint density at radius 1 is 1.06 bits per heavy atom. The molecular weight excluding hydrogens is 466 g/mol. The third-order valence-electron chi connectivity index (χ3n) is 5.77. The summed E-state index contributed by atoms with van der Waals surface area (Å²) in [6.45, 7) is 3.82. The molecular formula is C24H27N7O3S. The van der Waals surface area contributed by atoms with Gasteiger partial charge in [0.15, 0.2) is 0 Å². The number of aromatic nitrogens is 3. The summed E-state index contributed by atoms with van der Waals surface area (Å²) in [6.07, 6.45) is 2.86. The highest BCUT2D eigenvalue weighted by atomic mass is 32.2. The summed E-state index contributed by atoms with van der Waals surface area (Å²) in [5.74, 6) is 1.12. The number of hydrogen-bond acceptors (Lipinski definition) is 8. The molecule has 0 atom stereocenters. The second kappa shape index (κ2) is 9.43. The van der Waals surface area contributed by atoms with Crippen LogP contribution in [0.15, 0.2) is 60.8 Å². The van der Waals surface area contributed by atoms with Crippen molar-refractivity contribution >= 4 is 38.6 Å². The molecule has 0 amide bonds. The van der Waals surface area contributed by atoms with E-state index in [0.717, 1.165) is 60.6 Å². The standard InChI is InChI=1S/C24H27N7O3S/c1-34-23-15-19(30-12-10-25-11-13-30)6-8-21(23)27-24-26-16-20-7-9-22(31(20)28-24)17-4-3-5-18(14-17)29-35(2,32)33/h3-9,14-16,25,29H,10-13H2,1-2H3,(H,27,28). The molecule has 2 aromatic carbocycles. The Morgan fingerprint density at radius 3 is 2.66 bits per heavy atom. The molecule has 3 N–H and O–H groups in total. The molecule has 4 aromatic rings. The van der Waals surface area contributed by atoms with E-state index in [1.807, 2.05) is 30.3 Å². The van der Waals surface area contributed by atoms with E-state index in [1.54, 1.807) is 36.0 Å². The van der Waals surface area contributed by atoms with Gasteiger partial charge in [-0.3, -0.25) is 4.72 Å². The first kappa shape index (κ1) is 22.9. The van der Waals surface area contributed by atoms with Gasteiger partial charge in [-0.1, -0.05) is 12.1 Å². The molecule has 0 aliphatic carbocycles. The van der Waals surface area contributed by atoms with Crippen LogP contribution in [0, 0.1) is 0 Å². The monoisotopic (exact) mass is 493 g/mol. The van der Waals surface area contributed by atoms with Crippen molar-refractivity contribution in [2.45, 2.75) is 0 Å². The minimum atomic E-state index is -3.37. The number of anilines is 4. The van der Waals surface area contributed by atoms with Gasteiger partial charge in [-0.05, 0) is 36.4 Å². The van der Waals surface area contributed by atoms with Crippen molar-refractivity contribution in [2.24, 2.45) is 0 Å². The van der Waals surface area contributed by atoms with Crippen molar-refractivity contribution < 1.29 is 13.2 Å². The molecule has 0 radical (unpaired) electrons. The molecule has 10 nitrogen and oxygen atoms in total. The van der Waals surface area contributed by atoms with E-state index < -0.39 is 10.0 Å². The molecule has 1 saturated heterocycles. The van der Waals surface area contributed by atoms with Gasteiger partial charge in [0.2, 0.25) is 16.0 Å². The smallest absolute Gasteiger partial charge is 0.245 e. The zero-order valence-electron chi connectivity index (χ0n) is 19.5. The topological polar surface area (TPSA) is 113 Å². The summed E-state index contributed by atoms with van der Waals surface area (Å²) in [5.41, 5.74) is 4.80. The predicted octanol–water partition coefficient (Wildman–Crippen LogP) is 2.93. The molecule has 0 unspecified atom stereocenters. The van der Waals surface area contributed by atoms with Gasteiger partial charge in [-0.15, -0.1) is 5.10 Å². The van der Waals surface area contributed by atoms with Crippen molar-refractivity contribution in [2.75, 3.05) is 54.5 Å². The Bertz CT molecular complexity index is 1460. The van der Waals surface area contributed by atoms with E-state index in [4.69, 9.17) is 4.74 Å². The Hall–Kier alpha value is -3.83. The molecule has 11 heteroatoms. The molecule has 0 spiro atoms. The van der Waals surface area contributed by atoms with E-state index in [9.17, 15) is 8.42 Å². The van der Waals surface area contributed by atoms with Gasteiger partial charge in [-0.2, -0.15) is 0 Å². The number of methoxy groups -OCH3 is 1. The van der Waals surface area contributed by atoms with E-state index >= 15 is 0 Å². The van der Waals surface area contributed by atoms with Gasteiger partial charge < -0.3 is 20.3 Å². The lowest BCUT2D eigenvalue weighted by Crippen LogP contribution is -2.43. The van der Waals surface area contributed by atoms with Crippen LogP contribution in [0.2, 0.25) is 0 Å². The third-order valence-corrected chi connectivity index (χ3v) is 6.38. The molecule has 0 saturated carbocycles. The summed E-state index contributed by atoms with van der Waals surface area (Å²) in [5, 5.41) is 11.3. The second-order valence-corrected chi connectivity index (χ2v) is 10.1. The first-order valence-corrected chi connectivity index (χ1v) is 13.1. The van der Waals surface area contributed by atoms with Gasteiger partial charge in [-0.25, -0.2) is 17.9 Å². The lowest BCUT2D eigenvalue weighted by Gasteiger charge is -2.30. The van der Waals surface area contributed by atoms with Crippen LogP contribution in [0.1, 0.15) is 0 Å². The first-order valence-electron chi connectivity index (χ1n) is 11.2. The second-order valence-electron chi connectivity index (χ2n) is 8.34. The lowest BCUT2D eigenvalue weighted by molar-refractivity contribution is 0.416. The quantitative estimate of drug-likeness (QED) is 0.360. The molecule has 35 heavy (non-hydrogen) atoms. The van der Waals surface area contributed by atoms with Crippen molar-refractivity contribution in [1.29, 1.82) is 0 Å². The number of nitrogens with one attached hydrogen (secondary N) is 3. The Labute approximate surface area is 204 Å². The van der Waals surface area contributed by atoms with E-state index in [1.165, 1.54) is 0 Å². The van der Waals surface area contributed by atoms with Crippen LogP contribution < -0.4 is 25.0 Å². The summed E-state index contributed by atoms with van der Waals surface area (Å²) >= 11 is 0. The van der Waals surface area contributed by atoms with Gasteiger partial charge in [0, 0.05) is 49.2 Å². The summed E-state index contributed by atoms with van der Waals surface area (Å²) in [4.78, 5) is 6.78.